The highest BCUT2D eigenvalue weighted by molar-refractivity contribution is 7.99. The monoisotopic (exact) mass is 495 g/mol. The number of nitrogens with zero attached hydrogens (tertiary/aromatic N) is 3. The number of hydrogen-bond acceptors (Lipinski definition) is 6. The van der Waals surface area contributed by atoms with E-state index in [1.165, 1.54) is 28.7 Å². The number of benzene rings is 2. The minimum Gasteiger partial charge on any atom is -0.298 e. The van der Waals surface area contributed by atoms with Crippen molar-refractivity contribution in [2.75, 3.05) is 5.75 Å². The summed E-state index contributed by atoms with van der Waals surface area (Å²) in [6.45, 7) is 9.79. The van der Waals surface area contributed by atoms with Crippen LogP contribution in [0.5, 0.6) is 0 Å². The molecule has 4 rings (SSSR count). The van der Waals surface area contributed by atoms with Crippen molar-refractivity contribution < 1.29 is 4.79 Å². The van der Waals surface area contributed by atoms with Gasteiger partial charge in [0.15, 0.2) is 14.8 Å². The zero-order valence-electron chi connectivity index (χ0n) is 19.2. The standard InChI is InChI=1S/C25H25N3O2S3/c1-15-11-12-18(13-16(15)2)27-21-20(33-24(27)31)22(30)28(17-9-7-6-8-10-17)23(26-21)32-14-19(29)25(3,4)5/h6-13H,14H2,1-5H3. The molecule has 0 atom stereocenters. The van der Waals surface area contributed by atoms with E-state index in [1.807, 2.05) is 74.7 Å². The average molecular weight is 496 g/mol. The largest absolute Gasteiger partial charge is 0.298 e. The van der Waals surface area contributed by atoms with Crippen LogP contribution in [0.3, 0.4) is 0 Å². The molecular weight excluding hydrogens is 470 g/mol. The van der Waals surface area contributed by atoms with E-state index in [4.69, 9.17) is 17.2 Å². The van der Waals surface area contributed by atoms with Crippen LogP contribution in [-0.2, 0) is 4.79 Å². The second kappa shape index (κ2) is 9.00. The molecule has 0 aliphatic rings. The Hall–Kier alpha value is -2.55. The van der Waals surface area contributed by atoms with Gasteiger partial charge in [-0.25, -0.2) is 4.98 Å². The van der Waals surface area contributed by atoms with Gasteiger partial charge in [0.1, 0.15) is 10.5 Å². The van der Waals surface area contributed by atoms with Gasteiger partial charge in [0.2, 0.25) is 0 Å². The average Bonchev–Trinajstić information content (AvgIpc) is 3.10. The van der Waals surface area contributed by atoms with Crippen LogP contribution >= 0.6 is 35.3 Å². The fraction of sp³-hybridized carbons (Fsp3) is 0.280. The number of ketones is 1. The van der Waals surface area contributed by atoms with Crippen LogP contribution in [0.4, 0.5) is 0 Å². The lowest BCUT2D eigenvalue weighted by molar-refractivity contribution is -0.123. The van der Waals surface area contributed by atoms with Crippen LogP contribution in [0.15, 0.2) is 58.5 Å². The Balaban J connectivity index is 1.96. The Morgan fingerprint density at radius 1 is 1.03 bits per heavy atom. The van der Waals surface area contributed by atoms with Crippen LogP contribution in [0.2, 0.25) is 0 Å². The molecule has 2 aromatic carbocycles. The number of aromatic nitrogens is 3. The Bertz CT molecular complexity index is 1480. The first-order valence-corrected chi connectivity index (χ1v) is 12.8. The molecule has 0 radical (unpaired) electrons. The normalized spacial score (nSPS) is 11.8. The predicted octanol–water partition coefficient (Wildman–Crippen LogP) is 6.29. The van der Waals surface area contributed by atoms with Crippen LogP contribution in [-0.4, -0.2) is 25.7 Å². The quantitative estimate of drug-likeness (QED) is 0.185. The van der Waals surface area contributed by atoms with Crippen LogP contribution in [0.1, 0.15) is 31.9 Å². The third kappa shape index (κ3) is 4.60. The zero-order chi connectivity index (χ0) is 23.9. The summed E-state index contributed by atoms with van der Waals surface area (Å²) in [6, 6.07) is 15.5. The van der Waals surface area contributed by atoms with Crippen molar-refractivity contribution in [3.05, 3.63) is 74.0 Å². The SMILES string of the molecule is Cc1ccc(-n2c(=S)sc3c(=O)n(-c4ccccc4)c(SCC(=O)C(C)(C)C)nc32)cc1C. The van der Waals surface area contributed by atoms with Crippen molar-refractivity contribution in [3.63, 3.8) is 0 Å². The van der Waals surface area contributed by atoms with Crippen molar-refractivity contribution in [1.82, 2.24) is 14.1 Å². The molecule has 2 heterocycles. The number of fused-ring (bicyclic) bond motifs is 1. The van der Waals surface area contributed by atoms with Gasteiger partial charge in [-0.2, -0.15) is 0 Å². The Labute approximate surface area is 206 Å². The molecule has 0 N–H and O–H groups in total. The van der Waals surface area contributed by atoms with E-state index < -0.39 is 5.41 Å². The molecule has 0 spiro atoms. The van der Waals surface area contributed by atoms with Gasteiger partial charge in [0, 0.05) is 11.1 Å². The van der Waals surface area contributed by atoms with Crippen molar-refractivity contribution in [2.24, 2.45) is 5.41 Å². The summed E-state index contributed by atoms with van der Waals surface area (Å²) in [5.41, 5.74) is 3.77. The van der Waals surface area contributed by atoms with Gasteiger partial charge in [-0.15, -0.1) is 0 Å². The first-order valence-electron chi connectivity index (χ1n) is 10.6. The first-order chi connectivity index (χ1) is 15.6. The smallest absolute Gasteiger partial charge is 0.278 e. The lowest BCUT2D eigenvalue weighted by Crippen LogP contribution is -2.24. The highest BCUT2D eigenvalue weighted by Crippen LogP contribution is 2.29. The van der Waals surface area contributed by atoms with Gasteiger partial charge < -0.3 is 0 Å². The number of thiazole rings is 1. The summed E-state index contributed by atoms with van der Waals surface area (Å²) in [5.74, 6) is 0.320. The van der Waals surface area contributed by atoms with E-state index in [0.717, 1.165) is 11.3 Å². The van der Waals surface area contributed by atoms with Gasteiger partial charge in [-0.05, 0) is 61.5 Å². The number of Topliss-reactive ketones (excluding diaryl/α,β-unsaturated/α-hetero) is 1. The zero-order valence-corrected chi connectivity index (χ0v) is 21.7. The van der Waals surface area contributed by atoms with Gasteiger partial charge >= 0.3 is 0 Å². The molecule has 0 unspecified atom stereocenters. The number of carbonyl (C=O) groups excluding carboxylic acids is 1. The molecule has 0 saturated heterocycles. The molecule has 5 nitrogen and oxygen atoms in total. The molecular formula is C25H25N3O2S3. The molecule has 0 bridgehead atoms. The summed E-state index contributed by atoms with van der Waals surface area (Å²) in [6.07, 6.45) is 0. The molecule has 0 fully saturated rings. The second-order valence-electron chi connectivity index (χ2n) is 8.96. The fourth-order valence-corrected chi connectivity index (χ4v) is 5.74. The molecule has 4 aromatic rings. The van der Waals surface area contributed by atoms with Crippen molar-refractivity contribution in [1.29, 1.82) is 0 Å². The molecule has 33 heavy (non-hydrogen) atoms. The lowest BCUT2D eigenvalue weighted by atomic mass is 9.92. The van der Waals surface area contributed by atoms with E-state index in [0.29, 0.717) is 25.1 Å². The predicted molar refractivity (Wildman–Crippen MR) is 140 cm³/mol. The number of hydrogen-bond donors (Lipinski definition) is 0. The Kier molecular flexibility index (Phi) is 6.44. The fourth-order valence-electron chi connectivity index (χ4n) is 3.28. The van der Waals surface area contributed by atoms with Gasteiger partial charge in [-0.1, -0.05) is 68.1 Å². The topological polar surface area (TPSA) is 56.9 Å². The van der Waals surface area contributed by atoms with Crippen molar-refractivity contribution in [3.8, 4) is 11.4 Å². The minimum absolute atomic E-state index is 0.0952. The molecule has 0 aliphatic heterocycles. The number of rotatable bonds is 5. The molecule has 0 aliphatic carbocycles. The summed E-state index contributed by atoms with van der Waals surface area (Å²) in [7, 11) is 0. The third-order valence-corrected chi connectivity index (χ3v) is 7.80. The van der Waals surface area contributed by atoms with Gasteiger partial charge in [0.25, 0.3) is 5.56 Å². The summed E-state index contributed by atoms with van der Waals surface area (Å²) >= 11 is 8.21. The van der Waals surface area contributed by atoms with E-state index in [9.17, 15) is 9.59 Å². The number of carbonyl (C=O) groups is 1. The third-order valence-electron chi connectivity index (χ3n) is 5.51. The maximum atomic E-state index is 13.7. The first kappa shape index (κ1) is 23.6. The molecule has 8 heteroatoms. The molecule has 2 aromatic heterocycles. The maximum absolute atomic E-state index is 13.7. The second-order valence-corrected chi connectivity index (χ2v) is 11.5. The highest BCUT2D eigenvalue weighted by atomic mass is 32.2. The molecule has 170 valence electrons. The number of thioether (sulfide) groups is 1. The lowest BCUT2D eigenvalue weighted by Gasteiger charge is -2.17. The number of para-hydroxylation sites is 1. The Morgan fingerprint density at radius 3 is 2.36 bits per heavy atom. The van der Waals surface area contributed by atoms with Crippen LogP contribution in [0, 0.1) is 23.2 Å². The van der Waals surface area contributed by atoms with E-state index in [-0.39, 0.29) is 17.1 Å². The molecule has 0 amide bonds. The summed E-state index contributed by atoms with van der Waals surface area (Å²) in [5, 5.41) is 0.474. The van der Waals surface area contributed by atoms with Crippen LogP contribution < -0.4 is 5.56 Å². The van der Waals surface area contributed by atoms with Crippen molar-refractivity contribution in [2.45, 2.75) is 39.8 Å². The van der Waals surface area contributed by atoms with Crippen LogP contribution in [0.25, 0.3) is 21.7 Å². The van der Waals surface area contributed by atoms with E-state index >= 15 is 0 Å². The van der Waals surface area contributed by atoms with Gasteiger partial charge in [0.05, 0.1) is 11.4 Å². The Morgan fingerprint density at radius 2 is 1.73 bits per heavy atom. The minimum atomic E-state index is -0.468. The van der Waals surface area contributed by atoms with Crippen molar-refractivity contribution >= 4 is 51.4 Å². The van der Waals surface area contributed by atoms with E-state index in [1.54, 1.807) is 4.57 Å². The molecule has 0 saturated carbocycles. The maximum Gasteiger partial charge on any atom is 0.278 e. The number of aryl methyl sites for hydroxylation is 2. The van der Waals surface area contributed by atoms with E-state index in [2.05, 4.69) is 13.0 Å². The summed E-state index contributed by atoms with van der Waals surface area (Å²) < 4.78 is 4.49. The van der Waals surface area contributed by atoms with Gasteiger partial charge in [-0.3, -0.25) is 18.7 Å². The highest BCUT2D eigenvalue weighted by Gasteiger charge is 2.24. The summed E-state index contributed by atoms with van der Waals surface area (Å²) in [4.78, 5) is 31.2.